The van der Waals surface area contributed by atoms with Crippen LogP contribution in [0.4, 0.5) is 17.2 Å². The number of hydrogen-bond acceptors (Lipinski definition) is 6. The van der Waals surface area contributed by atoms with Crippen molar-refractivity contribution in [3.63, 3.8) is 0 Å². The molecule has 0 unspecified atom stereocenters. The molecular formula is C19H16N4O4S. The van der Waals surface area contributed by atoms with Gasteiger partial charge in [-0.3, -0.25) is 4.79 Å². The van der Waals surface area contributed by atoms with Gasteiger partial charge in [-0.25, -0.2) is 18.5 Å². The number of hydrogen-bond donors (Lipinski definition) is 3. The second-order valence-electron chi connectivity index (χ2n) is 6.17. The Balaban J connectivity index is 1.58. The minimum Gasteiger partial charge on any atom is -0.482 e. The number of ether oxygens (including phenoxy) is 1. The number of primary sulfonamides is 1. The smallest absolute Gasteiger partial charge is 0.262 e. The molecule has 0 radical (unpaired) electrons. The summed E-state index contributed by atoms with van der Waals surface area (Å²) in [7, 11) is -3.73. The number of nitrogens with two attached hydrogens (primary N) is 1. The van der Waals surface area contributed by atoms with E-state index in [-0.39, 0.29) is 17.4 Å². The van der Waals surface area contributed by atoms with E-state index in [1.165, 1.54) is 12.1 Å². The fourth-order valence-electron chi connectivity index (χ4n) is 2.82. The maximum Gasteiger partial charge on any atom is 0.262 e. The van der Waals surface area contributed by atoms with E-state index in [1.807, 2.05) is 30.3 Å². The van der Waals surface area contributed by atoms with Gasteiger partial charge >= 0.3 is 0 Å². The molecule has 0 fully saturated rings. The molecule has 2 heterocycles. The largest absolute Gasteiger partial charge is 0.482 e. The van der Waals surface area contributed by atoms with Crippen molar-refractivity contribution in [2.45, 2.75) is 4.90 Å². The lowest BCUT2D eigenvalue weighted by atomic mass is 10.1. The van der Waals surface area contributed by atoms with Crippen LogP contribution in [0, 0.1) is 0 Å². The predicted octanol–water partition coefficient (Wildman–Crippen LogP) is 2.47. The van der Waals surface area contributed by atoms with Gasteiger partial charge < -0.3 is 15.4 Å². The van der Waals surface area contributed by atoms with Crippen molar-refractivity contribution in [1.29, 1.82) is 0 Å². The van der Waals surface area contributed by atoms with Gasteiger partial charge in [-0.2, -0.15) is 0 Å². The number of anilines is 3. The minimum atomic E-state index is -3.73. The van der Waals surface area contributed by atoms with Crippen molar-refractivity contribution in [3.05, 3.63) is 60.8 Å². The summed E-state index contributed by atoms with van der Waals surface area (Å²) in [4.78, 5) is 15.8. The fourth-order valence-corrected chi connectivity index (χ4v) is 3.33. The number of aromatic nitrogens is 1. The Morgan fingerprint density at radius 2 is 1.79 bits per heavy atom. The van der Waals surface area contributed by atoms with E-state index < -0.39 is 10.0 Å². The van der Waals surface area contributed by atoms with Crippen molar-refractivity contribution in [2.75, 3.05) is 17.2 Å². The molecule has 1 amide bonds. The summed E-state index contributed by atoms with van der Waals surface area (Å²) in [6.07, 6.45) is 1.66. The molecule has 0 atom stereocenters. The number of amides is 1. The number of fused-ring (bicyclic) bond motifs is 1. The molecular weight excluding hydrogens is 380 g/mol. The standard InChI is InChI=1S/C19H16N4O4S/c20-28(25,26)15-4-2-14(3-5-15)22-18-10-13(7-8-21-18)12-1-6-17-16(9-12)23-19(24)11-27-17/h1-10H,11H2,(H,21,22)(H,23,24)(H2,20,25,26). The Bertz CT molecular complexity index is 1160. The third-order valence-electron chi connectivity index (χ3n) is 4.16. The molecule has 0 saturated heterocycles. The normalized spacial score (nSPS) is 13.2. The van der Waals surface area contributed by atoms with Crippen LogP contribution in [-0.4, -0.2) is 25.9 Å². The molecule has 9 heteroatoms. The van der Waals surface area contributed by atoms with Crippen LogP contribution in [0.2, 0.25) is 0 Å². The highest BCUT2D eigenvalue weighted by Gasteiger charge is 2.16. The third-order valence-corrected chi connectivity index (χ3v) is 5.09. The zero-order valence-corrected chi connectivity index (χ0v) is 15.4. The second-order valence-corrected chi connectivity index (χ2v) is 7.73. The Morgan fingerprint density at radius 1 is 1.04 bits per heavy atom. The first-order valence-corrected chi connectivity index (χ1v) is 9.86. The molecule has 8 nitrogen and oxygen atoms in total. The van der Waals surface area contributed by atoms with E-state index in [0.29, 0.717) is 22.9 Å². The zero-order chi connectivity index (χ0) is 19.7. The molecule has 142 valence electrons. The quantitative estimate of drug-likeness (QED) is 0.622. The average molecular weight is 396 g/mol. The van der Waals surface area contributed by atoms with Crippen molar-refractivity contribution < 1.29 is 17.9 Å². The Labute approximate surface area is 161 Å². The van der Waals surface area contributed by atoms with E-state index in [2.05, 4.69) is 15.6 Å². The summed E-state index contributed by atoms with van der Waals surface area (Å²) in [6.45, 7) is 0.0138. The van der Waals surface area contributed by atoms with Crippen molar-refractivity contribution in [3.8, 4) is 16.9 Å². The molecule has 2 aromatic carbocycles. The number of pyridine rings is 1. The number of carbonyl (C=O) groups excluding carboxylic acids is 1. The Morgan fingerprint density at radius 3 is 2.54 bits per heavy atom. The van der Waals surface area contributed by atoms with Crippen LogP contribution in [0.1, 0.15) is 0 Å². The molecule has 1 aliphatic heterocycles. The number of sulfonamides is 1. The topological polar surface area (TPSA) is 123 Å². The Hall–Kier alpha value is -3.43. The van der Waals surface area contributed by atoms with Gasteiger partial charge in [0.05, 0.1) is 10.6 Å². The van der Waals surface area contributed by atoms with Crippen LogP contribution in [0.15, 0.2) is 65.7 Å². The number of rotatable bonds is 4. The van der Waals surface area contributed by atoms with E-state index in [4.69, 9.17) is 9.88 Å². The maximum atomic E-state index is 11.5. The SMILES string of the molecule is NS(=O)(=O)c1ccc(Nc2cc(-c3ccc4c(c3)NC(=O)CO4)ccn2)cc1. The molecule has 0 spiro atoms. The van der Waals surface area contributed by atoms with E-state index in [1.54, 1.807) is 18.3 Å². The van der Waals surface area contributed by atoms with E-state index >= 15 is 0 Å². The number of nitrogens with zero attached hydrogens (tertiary/aromatic N) is 1. The summed E-state index contributed by atoms with van der Waals surface area (Å²) >= 11 is 0. The van der Waals surface area contributed by atoms with Crippen LogP contribution in [0.5, 0.6) is 5.75 Å². The van der Waals surface area contributed by atoms with Gasteiger partial charge in [0.1, 0.15) is 11.6 Å². The molecule has 3 aromatic rings. The first-order chi connectivity index (χ1) is 13.4. The van der Waals surface area contributed by atoms with Crippen LogP contribution >= 0.6 is 0 Å². The summed E-state index contributed by atoms with van der Waals surface area (Å²) in [6, 6.07) is 15.3. The molecule has 0 bridgehead atoms. The van der Waals surface area contributed by atoms with Crippen molar-refractivity contribution in [2.24, 2.45) is 5.14 Å². The lowest BCUT2D eigenvalue weighted by molar-refractivity contribution is -0.118. The second kappa shape index (κ2) is 6.95. The number of nitrogens with one attached hydrogen (secondary N) is 2. The number of carbonyl (C=O) groups is 1. The van der Waals surface area contributed by atoms with E-state index in [0.717, 1.165) is 11.1 Å². The lowest BCUT2D eigenvalue weighted by Gasteiger charge is -2.18. The van der Waals surface area contributed by atoms with Gasteiger partial charge in [0.25, 0.3) is 5.91 Å². The van der Waals surface area contributed by atoms with Crippen molar-refractivity contribution in [1.82, 2.24) is 4.98 Å². The predicted molar refractivity (Wildman–Crippen MR) is 105 cm³/mol. The third kappa shape index (κ3) is 3.80. The summed E-state index contributed by atoms with van der Waals surface area (Å²) in [5, 5.41) is 11.0. The number of benzene rings is 2. The van der Waals surface area contributed by atoms with Gasteiger partial charge in [-0.05, 0) is 59.7 Å². The summed E-state index contributed by atoms with van der Waals surface area (Å²) in [5.41, 5.74) is 3.07. The maximum absolute atomic E-state index is 11.5. The highest BCUT2D eigenvalue weighted by molar-refractivity contribution is 7.89. The molecule has 4 rings (SSSR count). The monoisotopic (exact) mass is 396 g/mol. The van der Waals surface area contributed by atoms with Crippen LogP contribution in [0.25, 0.3) is 11.1 Å². The van der Waals surface area contributed by atoms with Crippen LogP contribution in [0.3, 0.4) is 0 Å². The zero-order valence-electron chi connectivity index (χ0n) is 14.5. The summed E-state index contributed by atoms with van der Waals surface area (Å²) in [5.74, 6) is 1.02. The minimum absolute atomic E-state index is 0.0138. The van der Waals surface area contributed by atoms with Gasteiger partial charge in [0, 0.05) is 11.9 Å². The summed E-state index contributed by atoms with van der Waals surface area (Å²) < 4.78 is 28.0. The average Bonchev–Trinajstić information content (AvgIpc) is 2.67. The highest BCUT2D eigenvalue weighted by atomic mass is 32.2. The van der Waals surface area contributed by atoms with Crippen LogP contribution < -0.4 is 20.5 Å². The van der Waals surface area contributed by atoms with E-state index in [9.17, 15) is 13.2 Å². The fraction of sp³-hybridized carbons (Fsp3) is 0.0526. The van der Waals surface area contributed by atoms with Crippen molar-refractivity contribution >= 4 is 33.1 Å². The first-order valence-electron chi connectivity index (χ1n) is 8.31. The lowest BCUT2D eigenvalue weighted by Crippen LogP contribution is -2.25. The highest BCUT2D eigenvalue weighted by Crippen LogP contribution is 2.33. The van der Waals surface area contributed by atoms with Gasteiger partial charge in [-0.15, -0.1) is 0 Å². The molecule has 1 aliphatic rings. The molecule has 0 saturated carbocycles. The Kier molecular flexibility index (Phi) is 4.46. The van der Waals surface area contributed by atoms with Gasteiger partial charge in [0.15, 0.2) is 6.61 Å². The molecule has 28 heavy (non-hydrogen) atoms. The molecule has 1 aromatic heterocycles. The van der Waals surface area contributed by atoms with Gasteiger partial charge in [-0.1, -0.05) is 6.07 Å². The molecule has 4 N–H and O–H groups in total. The van der Waals surface area contributed by atoms with Gasteiger partial charge in [0.2, 0.25) is 10.0 Å². The first kappa shape index (κ1) is 18.0. The van der Waals surface area contributed by atoms with Crippen LogP contribution in [-0.2, 0) is 14.8 Å². The molecule has 0 aliphatic carbocycles.